The van der Waals surface area contributed by atoms with Crippen LogP contribution in [-0.2, 0) is 4.74 Å². The van der Waals surface area contributed by atoms with E-state index in [9.17, 15) is 0 Å². The predicted molar refractivity (Wildman–Crippen MR) is 114 cm³/mol. The summed E-state index contributed by atoms with van der Waals surface area (Å²) in [5, 5.41) is 9.24. The first-order chi connectivity index (χ1) is 13.3. The third-order valence-electron chi connectivity index (χ3n) is 5.73. The number of morpholine rings is 1. The first-order valence-electron chi connectivity index (χ1n) is 10.2. The fourth-order valence-corrected chi connectivity index (χ4v) is 4.80. The van der Waals surface area contributed by atoms with E-state index in [0.717, 1.165) is 51.3 Å². The summed E-state index contributed by atoms with van der Waals surface area (Å²) in [6, 6.07) is 4.76. The van der Waals surface area contributed by atoms with Gasteiger partial charge >= 0.3 is 0 Å². The normalized spacial score (nSPS) is 21.9. The van der Waals surface area contributed by atoms with Crippen LogP contribution >= 0.6 is 11.3 Å². The van der Waals surface area contributed by atoms with Crippen LogP contribution in [0.3, 0.4) is 0 Å². The summed E-state index contributed by atoms with van der Waals surface area (Å²) in [5.74, 6) is 1.76. The summed E-state index contributed by atoms with van der Waals surface area (Å²) < 4.78 is 5.53. The number of thiophene rings is 1. The molecule has 6 nitrogen and oxygen atoms in total. The number of nitrogens with zero attached hydrogens (tertiary/aromatic N) is 3. The molecule has 0 amide bonds. The van der Waals surface area contributed by atoms with Crippen LogP contribution < -0.4 is 10.6 Å². The SMILES string of the molecule is CN=C(NCCC1CCN(C)CC1)NCC(c1cccs1)N1CCOCC1. The Morgan fingerprint density at radius 3 is 2.70 bits per heavy atom. The van der Waals surface area contributed by atoms with Crippen molar-refractivity contribution in [2.45, 2.75) is 25.3 Å². The molecule has 152 valence electrons. The highest BCUT2D eigenvalue weighted by atomic mass is 32.1. The Morgan fingerprint density at radius 2 is 2.04 bits per heavy atom. The molecular weight excluding hydrogens is 358 g/mol. The molecule has 2 aliphatic rings. The van der Waals surface area contributed by atoms with Gasteiger partial charge in [-0.05, 0) is 56.8 Å². The van der Waals surface area contributed by atoms with Crippen LogP contribution in [0.5, 0.6) is 0 Å². The van der Waals surface area contributed by atoms with Gasteiger partial charge in [-0.25, -0.2) is 0 Å². The van der Waals surface area contributed by atoms with Crippen LogP contribution in [-0.4, -0.2) is 82.3 Å². The van der Waals surface area contributed by atoms with E-state index >= 15 is 0 Å². The van der Waals surface area contributed by atoms with E-state index in [-0.39, 0.29) is 0 Å². The maximum atomic E-state index is 5.53. The van der Waals surface area contributed by atoms with Crippen LogP contribution in [0.1, 0.15) is 30.2 Å². The molecule has 0 radical (unpaired) electrons. The molecule has 0 saturated carbocycles. The molecule has 2 saturated heterocycles. The van der Waals surface area contributed by atoms with E-state index in [0.29, 0.717) is 6.04 Å². The van der Waals surface area contributed by atoms with Gasteiger partial charge in [0.25, 0.3) is 0 Å². The van der Waals surface area contributed by atoms with E-state index in [1.165, 1.54) is 37.2 Å². The van der Waals surface area contributed by atoms with E-state index < -0.39 is 0 Å². The molecule has 27 heavy (non-hydrogen) atoms. The summed E-state index contributed by atoms with van der Waals surface area (Å²) in [4.78, 5) is 10.8. The molecule has 7 heteroatoms. The molecule has 1 aromatic rings. The van der Waals surface area contributed by atoms with Gasteiger partial charge in [-0.15, -0.1) is 11.3 Å². The van der Waals surface area contributed by atoms with Crippen molar-refractivity contribution in [3.05, 3.63) is 22.4 Å². The Labute approximate surface area is 168 Å². The molecule has 1 atom stereocenters. The minimum atomic E-state index is 0.376. The summed E-state index contributed by atoms with van der Waals surface area (Å²) in [6.07, 6.45) is 3.87. The van der Waals surface area contributed by atoms with Gasteiger partial charge in [0.15, 0.2) is 5.96 Å². The number of hydrogen-bond acceptors (Lipinski definition) is 5. The Morgan fingerprint density at radius 1 is 1.26 bits per heavy atom. The quantitative estimate of drug-likeness (QED) is 0.548. The molecule has 2 fully saturated rings. The highest BCUT2D eigenvalue weighted by molar-refractivity contribution is 7.10. The topological polar surface area (TPSA) is 52.1 Å². The second-order valence-corrected chi connectivity index (χ2v) is 8.57. The second-order valence-electron chi connectivity index (χ2n) is 7.59. The molecule has 0 aromatic carbocycles. The highest BCUT2D eigenvalue weighted by Gasteiger charge is 2.23. The molecule has 2 N–H and O–H groups in total. The minimum Gasteiger partial charge on any atom is -0.379 e. The smallest absolute Gasteiger partial charge is 0.191 e. The summed E-state index contributed by atoms with van der Waals surface area (Å²) in [6.45, 7) is 7.97. The Kier molecular flexibility index (Phi) is 8.38. The Bertz CT molecular complexity index is 551. The Hall–Kier alpha value is -1.15. The maximum absolute atomic E-state index is 5.53. The number of piperidine rings is 1. The lowest BCUT2D eigenvalue weighted by atomic mass is 9.94. The second kappa shape index (κ2) is 11.0. The molecule has 0 aliphatic carbocycles. The van der Waals surface area contributed by atoms with Crippen molar-refractivity contribution in [3.63, 3.8) is 0 Å². The van der Waals surface area contributed by atoms with Gasteiger partial charge in [-0.2, -0.15) is 0 Å². The van der Waals surface area contributed by atoms with Crippen molar-refractivity contribution in [1.82, 2.24) is 20.4 Å². The average Bonchev–Trinajstić information content (AvgIpc) is 3.23. The molecule has 3 rings (SSSR count). The number of likely N-dealkylation sites (tertiary alicyclic amines) is 1. The molecule has 3 heterocycles. The van der Waals surface area contributed by atoms with Gasteiger partial charge in [0.1, 0.15) is 0 Å². The average molecular weight is 394 g/mol. The van der Waals surface area contributed by atoms with Gasteiger partial charge in [-0.1, -0.05) is 6.07 Å². The van der Waals surface area contributed by atoms with Crippen molar-refractivity contribution in [2.75, 3.05) is 66.6 Å². The monoisotopic (exact) mass is 393 g/mol. The number of hydrogen-bond donors (Lipinski definition) is 2. The highest BCUT2D eigenvalue weighted by Crippen LogP contribution is 2.25. The summed E-state index contributed by atoms with van der Waals surface area (Å²) in [5.41, 5.74) is 0. The number of rotatable bonds is 7. The third-order valence-corrected chi connectivity index (χ3v) is 6.70. The molecular formula is C20H35N5OS. The largest absolute Gasteiger partial charge is 0.379 e. The van der Waals surface area contributed by atoms with Crippen LogP contribution in [0.15, 0.2) is 22.5 Å². The zero-order valence-electron chi connectivity index (χ0n) is 16.8. The lowest BCUT2D eigenvalue weighted by molar-refractivity contribution is 0.0177. The summed E-state index contributed by atoms with van der Waals surface area (Å²) in [7, 11) is 4.08. The first kappa shape index (κ1) is 20.6. The number of guanidine groups is 1. The van der Waals surface area contributed by atoms with Crippen molar-refractivity contribution in [3.8, 4) is 0 Å². The molecule has 1 unspecified atom stereocenters. The minimum absolute atomic E-state index is 0.376. The standard InChI is InChI=1S/C20H35N5OS/c1-21-20(22-8-5-17-6-9-24(2)10-7-17)23-16-18(19-4-3-15-27-19)25-11-13-26-14-12-25/h3-4,15,17-18H,5-14,16H2,1-2H3,(H2,21,22,23). The summed E-state index contributed by atoms with van der Waals surface area (Å²) >= 11 is 1.83. The zero-order valence-corrected chi connectivity index (χ0v) is 17.6. The van der Waals surface area contributed by atoms with E-state index in [1.54, 1.807) is 0 Å². The fraction of sp³-hybridized carbons (Fsp3) is 0.750. The number of nitrogens with one attached hydrogen (secondary N) is 2. The third kappa shape index (κ3) is 6.45. The van der Waals surface area contributed by atoms with Crippen LogP contribution in [0, 0.1) is 5.92 Å². The fourth-order valence-electron chi connectivity index (χ4n) is 3.94. The van der Waals surface area contributed by atoms with Crippen LogP contribution in [0.25, 0.3) is 0 Å². The molecule has 2 aliphatic heterocycles. The first-order valence-corrected chi connectivity index (χ1v) is 11.1. The van der Waals surface area contributed by atoms with Gasteiger partial charge in [0.05, 0.1) is 19.3 Å². The van der Waals surface area contributed by atoms with E-state index in [2.05, 4.69) is 50.0 Å². The Balaban J connectivity index is 1.45. The van der Waals surface area contributed by atoms with Crippen molar-refractivity contribution in [2.24, 2.45) is 10.9 Å². The van der Waals surface area contributed by atoms with Crippen molar-refractivity contribution in [1.29, 1.82) is 0 Å². The van der Waals surface area contributed by atoms with Gasteiger partial charge in [-0.3, -0.25) is 9.89 Å². The molecule has 0 bridgehead atoms. The van der Waals surface area contributed by atoms with Gasteiger partial charge in [0.2, 0.25) is 0 Å². The van der Waals surface area contributed by atoms with Crippen molar-refractivity contribution >= 4 is 17.3 Å². The van der Waals surface area contributed by atoms with Gasteiger partial charge in [0, 0.05) is 38.1 Å². The van der Waals surface area contributed by atoms with Crippen molar-refractivity contribution < 1.29 is 4.74 Å². The molecule has 1 aromatic heterocycles. The van der Waals surface area contributed by atoms with Crippen LogP contribution in [0.2, 0.25) is 0 Å². The lowest BCUT2D eigenvalue weighted by Gasteiger charge is -2.34. The van der Waals surface area contributed by atoms with Gasteiger partial charge < -0.3 is 20.3 Å². The lowest BCUT2D eigenvalue weighted by Crippen LogP contribution is -2.46. The van der Waals surface area contributed by atoms with E-state index in [4.69, 9.17) is 4.74 Å². The zero-order chi connectivity index (χ0) is 18.9. The maximum Gasteiger partial charge on any atom is 0.191 e. The predicted octanol–water partition coefficient (Wildman–Crippen LogP) is 2.02. The number of ether oxygens (including phenoxy) is 1. The number of aliphatic imine (C=N–C) groups is 1. The molecule has 0 spiro atoms. The van der Waals surface area contributed by atoms with E-state index in [1.807, 2.05) is 18.4 Å². The van der Waals surface area contributed by atoms with Crippen LogP contribution in [0.4, 0.5) is 0 Å².